The van der Waals surface area contributed by atoms with Crippen LogP contribution in [-0.4, -0.2) is 75.3 Å². The highest BCUT2D eigenvalue weighted by Crippen LogP contribution is 2.66. The standard InChI is InChI=1S/C55H52N4O11/c1-2-31-56-50(61)45-47-51(62)70-48(39-17-9-6-10-18-39)46(38-15-7-5-8-16-38)58(47)49(41-19-11-12-20-44(41)68-33-32-60)55(45)42-34-36(27-30-54(65)28-13-3-4-14-29-54)23-26-43(42)57(52(55)63)53(64)69-35-37-21-24-40(25-22-37)59(66)67/h2,5-12,15-26,34,45-49,60,65H,1,3-4,13-14,28-29,31-33,35H2,(H,56,61)/t45-,46-,47-,48+,49+,55-/m0/s1. The zero-order valence-corrected chi connectivity index (χ0v) is 38.3. The molecule has 9 rings (SSSR count). The second-order valence-electron chi connectivity index (χ2n) is 18.0. The number of aliphatic hydroxyl groups is 2. The van der Waals surface area contributed by atoms with Crippen LogP contribution in [0.3, 0.4) is 0 Å². The zero-order chi connectivity index (χ0) is 49.0. The Morgan fingerprint density at radius 3 is 2.23 bits per heavy atom. The first kappa shape index (κ1) is 47.4. The first-order chi connectivity index (χ1) is 34.0. The van der Waals surface area contributed by atoms with Crippen LogP contribution < -0.4 is 15.0 Å². The lowest BCUT2D eigenvalue weighted by molar-refractivity contribution is -0.384. The van der Waals surface area contributed by atoms with Crippen molar-refractivity contribution in [2.24, 2.45) is 5.92 Å². The normalized spacial score (nSPS) is 23.5. The number of fused-ring (bicyclic) bond motifs is 3. The summed E-state index contributed by atoms with van der Waals surface area (Å²) in [6.07, 6.45) is 3.86. The average Bonchev–Trinajstić information content (AvgIpc) is 3.72. The van der Waals surface area contributed by atoms with Gasteiger partial charge in [0.2, 0.25) is 11.8 Å². The van der Waals surface area contributed by atoms with E-state index in [4.69, 9.17) is 14.2 Å². The second kappa shape index (κ2) is 20.1. The van der Waals surface area contributed by atoms with Gasteiger partial charge in [-0.05, 0) is 84.3 Å². The van der Waals surface area contributed by atoms with Crippen LogP contribution >= 0.6 is 0 Å². The van der Waals surface area contributed by atoms with E-state index in [0.29, 0.717) is 40.7 Å². The fourth-order valence-corrected chi connectivity index (χ4v) is 10.8. The maximum Gasteiger partial charge on any atom is 0.421 e. The average molecular weight is 945 g/mol. The van der Waals surface area contributed by atoms with Gasteiger partial charge in [0.25, 0.3) is 5.69 Å². The number of anilines is 1. The van der Waals surface area contributed by atoms with E-state index >= 15 is 14.4 Å². The number of hydrogen-bond acceptors (Lipinski definition) is 12. The molecule has 5 aromatic rings. The molecule has 70 heavy (non-hydrogen) atoms. The van der Waals surface area contributed by atoms with Crippen LogP contribution in [0.2, 0.25) is 0 Å². The number of benzene rings is 5. The fraction of sp³-hybridized carbons (Fsp3) is 0.309. The Morgan fingerprint density at radius 1 is 0.886 bits per heavy atom. The molecule has 5 aromatic carbocycles. The minimum atomic E-state index is -2.18. The maximum absolute atomic E-state index is 16.5. The number of amides is 3. The number of morpholine rings is 1. The first-order valence-electron chi connectivity index (χ1n) is 23.4. The van der Waals surface area contributed by atoms with E-state index in [2.05, 4.69) is 23.7 Å². The molecule has 3 aliphatic heterocycles. The summed E-state index contributed by atoms with van der Waals surface area (Å²) in [5.41, 5.74) is -0.916. The number of carbonyl (C=O) groups excluding carboxylic acids is 4. The molecule has 3 fully saturated rings. The summed E-state index contributed by atoms with van der Waals surface area (Å²) in [7, 11) is 0. The predicted octanol–water partition coefficient (Wildman–Crippen LogP) is 7.71. The largest absolute Gasteiger partial charge is 0.491 e. The van der Waals surface area contributed by atoms with Crippen LogP contribution in [0.15, 0.2) is 140 Å². The molecule has 15 nitrogen and oxygen atoms in total. The quantitative estimate of drug-likeness (QED) is 0.0276. The Bertz CT molecular complexity index is 2860. The number of nitrogens with one attached hydrogen (secondary N) is 1. The van der Waals surface area contributed by atoms with Gasteiger partial charge in [0.1, 0.15) is 42.1 Å². The van der Waals surface area contributed by atoms with Crippen LogP contribution in [-0.2, 0) is 35.9 Å². The number of cyclic esters (lactones) is 1. The van der Waals surface area contributed by atoms with Crippen molar-refractivity contribution in [3.8, 4) is 17.6 Å². The first-order valence-corrected chi connectivity index (χ1v) is 23.4. The van der Waals surface area contributed by atoms with Gasteiger partial charge < -0.3 is 29.7 Å². The van der Waals surface area contributed by atoms with Crippen molar-refractivity contribution in [1.29, 1.82) is 0 Å². The number of aliphatic hydroxyl groups excluding tert-OH is 1. The molecule has 1 spiro atoms. The van der Waals surface area contributed by atoms with Gasteiger partial charge in [0, 0.05) is 29.8 Å². The molecule has 15 heteroatoms. The second-order valence-corrected chi connectivity index (χ2v) is 18.0. The van der Waals surface area contributed by atoms with Gasteiger partial charge in [0.05, 0.1) is 35.2 Å². The van der Waals surface area contributed by atoms with E-state index in [1.807, 2.05) is 65.6 Å². The number of nitrogens with zero attached hydrogens (tertiary/aromatic N) is 3. The van der Waals surface area contributed by atoms with Crippen LogP contribution in [0.5, 0.6) is 5.75 Å². The van der Waals surface area contributed by atoms with Crippen molar-refractivity contribution >= 4 is 35.3 Å². The summed E-state index contributed by atoms with van der Waals surface area (Å²) in [6.45, 7) is 2.88. The Kier molecular flexibility index (Phi) is 13.6. The van der Waals surface area contributed by atoms with Gasteiger partial charge in [-0.25, -0.2) is 9.69 Å². The van der Waals surface area contributed by atoms with Gasteiger partial charge in [-0.2, -0.15) is 0 Å². The molecule has 0 bridgehead atoms. The lowest BCUT2D eigenvalue weighted by Crippen LogP contribution is -2.55. The SMILES string of the molecule is C=CCNC(=O)[C@@H]1[C@H]2C(=O)O[C@H](c3ccccc3)[C@H](c3ccccc3)N2[C@H](c2ccccc2OCCO)[C@@]12C(=O)N(C(=O)OCc1ccc([N+](=O)[O-])cc1)c1ccc(C#CC3(O)CCCCCC3)cc12. The smallest absolute Gasteiger partial charge is 0.421 e. The maximum atomic E-state index is 16.5. The van der Waals surface area contributed by atoms with Crippen molar-refractivity contribution in [3.05, 3.63) is 184 Å². The Hall–Kier alpha value is -7.64. The highest BCUT2D eigenvalue weighted by molar-refractivity contribution is 6.23. The minimum Gasteiger partial charge on any atom is -0.491 e. The van der Waals surface area contributed by atoms with E-state index in [0.717, 1.165) is 30.6 Å². The summed E-state index contributed by atoms with van der Waals surface area (Å²) in [5, 5.41) is 36.1. The summed E-state index contributed by atoms with van der Waals surface area (Å²) < 4.78 is 18.7. The van der Waals surface area contributed by atoms with E-state index in [9.17, 15) is 25.1 Å². The molecule has 3 amide bonds. The van der Waals surface area contributed by atoms with Crippen molar-refractivity contribution < 1.29 is 48.5 Å². The lowest BCUT2D eigenvalue weighted by Gasteiger charge is -2.46. The number of imide groups is 1. The van der Waals surface area contributed by atoms with E-state index in [-0.39, 0.29) is 49.1 Å². The molecule has 3 N–H and O–H groups in total. The number of para-hydroxylation sites is 1. The molecular weight excluding hydrogens is 893 g/mol. The molecule has 1 saturated carbocycles. The van der Waals surface area contributed by atoms with E-state index in [1.54, 1.807) is 42.5 Å². The zero-order valence-electron chi connectivity index (χ0n) is 38.3. The Morgan fingerprint density at radius 2 is 1.56 bits per heavy atom. The number of non-ortho nitro benzene ring substituents is 1. The summed E-state index contributed by atoms with van der Waals surface area (Å²) in [4.78, 5) is 75.7. The van der Waals surface area contributed by atoms with Gasteiger partial charge in [-0.1, -0.05) is 110 Å². The van der Waals surface area contributed by atoms with Gasteiger partial charge >= 0.3 is 12.1 Å². The van der Waals surface area contributed by atoms with Crippen molar-refractivity contribution in [1.82, 2.24) is 10.2 Å². The van der Waals surface area contributed by atoms with Crippen molar-refractivity contribution in [2.45, 2.75) is 80.4 Å². The Balaban J connectivity index is 1.32. The molecule has 0 radical (unpaired) electrons. The fourth-order valence-electron chi connectivity index (χ4n) is 10.8. The molecule has 0 unspecified atom stereocenters. The lowest BCUT2D eigenvalue weighted by atomic mass is 9.65. The van der Waals surface area contributed by atoms with Crippen LogP contribution in [0.25, 0.3) is 0 Å². The molecule has 2 saturated heterocycles. The van der Waals surface area contributed by atoms with Crippen molar-refractivity contribution in [3.63, 3.8) is 0 Å². The molecular formula is C55H52N4O11. The highest BCUT2D eigenvalue weighted by Gasteiger charge is 2.76. The number of nitro benzene ring substituents is 1. The third-order valence-corrected chi connectivity index (χ3v) is 13.8. The third-order valence-electron chi connectivity index (χ3n) is 13.8. The molecule has 3 heterocycles. The molecule has 358 valence electrons. The van der Waals surface area contributed by atoms with Gasteiger partial charge in [0.15, 0.2) is 0 Å². The van der Waals surface area contributed by atoms with Crippen LogP contribution in [0.1, 0.15) is 90.1 Å². The number of esters is 1. The number of rotatable bonds is 12. The van der Waals surface area contributed by atoms with Crippen LogP contribution in [0.4, 0.5) is 16.2 Å². The van der Waals surface area contributed by atoms with E-state index < -0.39 is 70.0 Å². The van der Waals surface area contributed by atoms with E-state index in [1.165, 1.54) is 30.3 Å². The van der Waals surface area contributed by atoms with Gasteiger partial charge in [-0.15, -0.1) is 6.58 Å². The number of hydrogen-bond donors (Lipinski definition) is 3. The van der Waals surface area contributed by atoms with Gasteiger partial charge in [-0.3, -0.25) is 29.4 Å². The summed E-state index contributed by atoms with van der Waals surface area (Å²) in [6, 6.07) is 32.0. The summed E-state index contributed by atoms with van der Waals surface area (Å²) >= 11 is 0. The molecule has 6 atom stereocenters. The monoisotopic (exact) mass is 944 g/mol. The van der Waals surface area contributed by atoms with Crippen LogP contribution in [0, 0.1) is 27.9 Å². The topological polar surface area (TPSA) is 198 Å². The molecule has 4 aliphatic rings. The number of carbonyl (C=O) groups is 4. The molecule has 1 aliphatic carbocycles. The highest BCUT2D eigenvalue weighted by atomic mass is 16.6. The predicted molar refractivity (Wildman–Crippen MR) is 257 cm³/mol. The number of ether oxygens (including phenoxy) is 3. The third kappa shape index (κ3) is 8.70. The number of nitro groups is 1. The van der Waals surface area contributed by atoms with Crippen molar-refractivity contribution in [2.75, 3.05) is 24.7 Å². The minimum absolute atomic E-state index is 0.0467. The molecule has 0 aromatic heterocycles. The Labute approximate surface area is 404 Å². The summed E-state index contributed by atoms with van der Waals surface area (Å²) in [5.74, 6) is 2.52.